The van der Waals surface area contributed by atoms with Crippen LogP contribution in [0.25, 0.3) is 0 Å². The molecule has 0 aliphatic rings. The van der Waals surface area contributed by atoms with E-state index in [9.17, 15) is 0 Å². The lowest BCUT2D eigenvalue weighted by Crippen LogP contribution is -2.30. The van der Waals surface area contributed by atoms with Crippen LogP contribution in [-0.4, -0.2) is 22.5 Å². The molecular weight excluding hydrogens is 178 g/mol. The molecule has 0 aliphatic carbocycles. The zero-order chi connectivity index (χ0) is 10.6. The fourth-order valence-electron chi connectivity index (χ4n) is 1.59. The Labute approximate surface area is 85.0 Å². The van der Waals surface area contributed by atoms with Gasteiger partial charge in [-0.3, -0.25) is 4.68 Å². The minimum Gasteiger partial charge on any atom is -0.376 e. The number of nitrogens with zero attached hydrogens (tertiary/aromatic N) is 2. The summed E-state index contributed by atoms with van der Waals surface area (Å²) in [6, 6.07) is 1.85. The summed E-state index contributed by atoms with van der Waals surface area (Å²) in [4.78, 5) is 0. The average molecular weight is 197 g/mol. The van der Waals surface area contributed by atoms with Gasteiger partial charge in [-0.05, 0) is 19.4 Å². The molecule has 1 heterocycles. The molecular formula is C10H19N3O. The van der Waals surface area contributed by atoms with Gasteiger partial charge in [-0.15, -0.1) is 0 Å². The summed E-state index contributed by atoms with van der Waals surface area (Å²) in [6.45, 7) is 4.76. The molecule has 1 aromatic heterocycles. The highest BCUT2D eigenvalue weighted by Crippen LogP contribution is 2.17. The maximum absolute atomic E-state index is 6.10. The third-order valence-corrected chi connectivity index (χ3v) is 2.38. The van der Waals surface area contributed by atoms with E-state index in [0.29, 0.717) is 6.61 Å². The molecule has 0 fully saturated rings. The van der Waals surface area contributed by atoms with Gasteiger partial charge in [-0.2, -0.15) is 5.10 Å². The number of rotatable bonds is 5. The molecule has 0 aromatic carbocycles. The smallest absolute Gasteiger partial charge is 0.0780 e. The highest BCUT2D eigenvalue weighted by Gasteiger charge is 2.20. The summed E-state index contributed by atoms with van der Waals surface area (Å²) in [5, 5.41) is 4.10. The van der Waals surface area contributed by atoms with Gasteiger partial charge in [0.1, 0.15) is 0 Å². The second kappa shape index (κ2) is 5.12. The Morgan fingerprint density at radius 3 is 2.71 bits per heavy atom. The van der Waals surface area contributed by atoms with Gasteiger partial charge < -0.3 is 10.5 Å². The van der Waals surface area contributed by atoms with Crippen molar-refractivity contribution >= 4 is 0 Å². The summed E-state index contributed by atoms with van der Waals surface area (Å²) >= 11 is 0. The van der Waals surface area contributed by atoms with E-state index in [4.69, 9.17) is 10.5 Å². The molecule has 0 spiro atoms. The van der Waals surface area contributed by atoms with Crippen molar-refractivity contribution in [1.82, 2.24) is 9.78 Å². The number of ether oxygens (including phenoxy) is 1. The Morgan fingerprint density at radius 1 is 1.57 bits per heavy atom. The first-order valence-electron chi connectivity index (χ1n) is 5.05. The van der Waals surface area contributed by atoms with Crippen molar-refractivity contribution in [2.24, 2.45) is 12.8 Å². The van der Waals surface area contributed by atoms with Gasteiger partial charge in [0.2, 0.25) is 0 Å². The molecule has 14 heavy (non-hydrogen) atoms. The van der Waals surface area contributed by atoms with E-state index in [0.717, 1.165) is 12.1 Å². The molecule has 2 atom stereocenters. The molecule has 1 aromatic rings. The van der Waals surface area contributed by atoms with Crippen LogP contribution in [0.1, 0.15) is 32.0 Å². The van der Waals surface area contributed by atoms with Crippen LogP contribution in [0.4, 0.5) is 0 Å². The molecule has 2 N–H and O–H groups in total. The zero-order valence-corrected chi connectivity index (χ0v) is 9.10. The second-order valence-corrected chi connectivity index (χ2v) is 3.31. The van der Waals surface area contributed by atoms with Crippen LogP contribution in [-0.2, 0) is 11.8 Å². The third-order valence-electron chi connectivity index (χ3n) is 2.38. The first-order chi connectivity index (χ1) is 6.70. The molecule has 0 saturated carbocycles. The number of aryl methyl sites for hydroxylation is 1. The summed E-state index contributed by atoms with van der Waals surface area (Å²) < 4.78 is 7.36. The van der Waals surface area contributed by atoms with E-state index in [1.54, 1.807) is 10.9 Å². The molecule has 0 saturated heterocycles. The predicted molar refractivity (Wildman–Crippen MR) is 55.8 cm³/mol. The van der Waals surface area contributed by atoms with Crippen molar-refractivity contribution in [3.63, 3.8) is 0 Å². The molecule has 4 heteroatoms. The highest BCUT2D eigenvalue weighted by molar-refractivity contribution is 5.07. The van der Waals surface area contributed by atoms with Crippen molar-refractivity contribution in [2.45, 2.75) is 32.4 Å². The normalized spacial score (nSPS) is 15.4. The van der Waals surface area contributed by atoms with Gasteiger partial charge in [0.25, 0.3) is 0 Å². The monoisotopic (exact) mass is 197 g/mol. The number of hydrogen-bond donors (Lipinski definition) is 1. The molecule has 1 rings (SSSR count). The van der Waals surface area contributed by atoms with Gasteiger partial charge in [-0.1, -0.05) is 6.92 Å². The lowest BCUT2D eigenvalue weighted by Gasteiger charge is -2.22. The van der Waals surface area contributed by atoms with Crippen molar-refractivity contribution in [1.29, 1.82) is 0 Å². The van der Waals surface area contributed by atoms with E-state index in [-0.39, 0.29) is 12.1 Å². The van der Waals surface area contributed by atoms with Crippen LogP contribution < -0.4 is 5.73 Å². The molecule has 0 bridgehead atoms. The maximum Gasteiger partial charge on any atom is 0.0780 e. The lowest BCUT2D eigenvalue weighted by molar-refractivity contribution is 0.0395. The quantitative estimate of drug-likeness (QED) is 0.772. The first-order valence-corrected chi connectivity index (χ1v) is 5.05. The minimum atomic E-state index is -0.0903. The van der Waals surface area contributed by atoms with Crippen LogP contribution in [0.2, 0.25) is 0 Å². The second-order valence-electron chi connectivity index (χ2n) is 3.31. The van der Waals surface area contributed by atoms with Crippen molar-refractivity contribution in [3.05, 3.63) is 18.0 Å². The summed E-state index contributed by atoms with van der Waals surface area (Å²) in [5.41, 5.74) is 7.11. The van der Waals surface area contributed by atoms with Gasteiger partial charge in [0.05, 0.1) is 17.8 Å². The largest absolute Gasteiger partial charge is 0.376 e. The van der Waals surface area contributed by atoms with Crippen LogP contribution in [0.15, 0.2) is 12.3 Å². The molecule has 80 valence electrons. The van der Waals surface area contributed by atoms with Crippen LogP contribution in [0.3, 0.4) is 0 Å². The first kappa shape index (κ1) is 11.2. The minimum absolute atomic E-state index is 0.0791. The third kappa shape index (κ3) is 2.33. The lowest BCUT2D eigenvalue weighted by atomic mass is 10.1. The fourth-order valence-corrected chi connectivity index (χ4v) is 1.59. The molecule has 0 aliphatic heterocycles. The Bertz CT molecular complexity index is 272. The molecule has 0 amide bonds. The van der Waals surface area contributed by atoms with Crippen molar-refractivity contribution < 1.29 is 4.74 Å². The SMILES string of the molecule is CCOC(CC)C(N)c1ccnn1C. The van der Waals surface area contributed by atoms with E-state index >= 15 is 0 Å². The van der Waals surface area contributed by atoms with Gasteiger partial charge in [0.15, 0.2) is 0 Å². The molecule has 2 unspecified atom stereocenters. The van der Waals surface area contributed by atoms with Crippen molar-refractivity contribution in [3.8, 4) is 0 Å². The van der Waals surface area contributed by atoms with Crippen molar-refractivity contribution in [2.75, 3.05) is 6.61 Å². The Kier molecular flexibility index (Phi) is 4.10. The van der Waals surface area contributed by atoms with Crippen LogP contribution >= 0.6 is 0 Å². The highest BCUT2D eigenvalue weighted by atomic mass is 16.5. The topological polar surface area (TPSA) is 53.1 Å². The zero-order valence-electron chi connectivity index (χ0n) is 9.10. The Morgan fingerprint density at radius 2 is 2.29 bits per heavy atom. The van der Waals surface area contributed by atoms with E-state index in [2.05, 4.69) is 12.0 Å². The molecule has 4 nitrogen and oxygen atoms in total. The number of hydrogen-bond acceptors (Lipinski definition) is 3. The van der Waals surface area contributed by atoms with Gasteiger partial charge in [-0.25, -0.2) is 0 Å². The van der Waals surface area contributed by atoms with Crippen LogP contribution in [0.5, 0.6) is 0 Å². The summed E-state index contributed by atoms with van der Waals surface area (Å²) in [7, 11) is 1.90. The number of aromatic nitrogens is 2. The van der Waals surface area contributed by atoms with Gasteiger partial charge in [0, 0.05) is 19.9 Å². The fraction of sp³-hybridized carbons (Fsp3) is 0.700. The Balaban J connectivity index is 2.72. The molecule has 0 radical (unpaired) electrons. The van der Waals surface area contributed by atoms with Gasteiger partial charge >= 0.3 is 0 Å². The van der Waals surface area contributed by atoms with Crippen LogP contribution in [0, 0.1) is 0 Å². The van der Waals surface area contributed by atoms with E-state index in [1.807, 2.05) is 20.0 Å². The standard InChI is InChI=1S/C10H19N3O/c1-4-9(14-5-2)10(11)8-6-7-12-13(8)3/h6-7,9-10H,4-5,11H2,1-3H3. The maximum atomic E-state index is 6.10. The Hall–Kier alpha value is -0.870. The average Bonchev–Trinajstić information content (AvgIpc) is 2.59. The van der Waals surface area contributed by atoms with E-state index < -0.39 is 0 Å². The predicted octanol–water partition coefficient (Wildman–Crippen LogP) is 1.24. The summed E-state index contributed by atoms with van der Waals surface area (Å²) in [5.74, 6) is 0. The number of nitrogens with two attached hydrogens (primary N) is 1. The van der Waals surface area contributed by atoms with E-state index in [1.165, 1.54) is 0 Å². The summed E-state index contributed by atoms with van der Waals surface area (Å²) in [6.07, 6.45) is 2.75.